The molecule has 0 aliphatic carbocycles. The number of carbonyl (C=O) groups excluding carboxylic acids is 8. The highest BCUT2D eigenvalue weighted by atomic mass is 16.6. The van der Waals surface area contributed by atoms with Gasteiger partial charge in [0.2, 0.25) is 11.8 Å². The summed E-state index contributed by atoms with van der Waals surface area (Å²) in [7, 11) is 0. The molecule has 3 heterocycles. The number of carbonyl (C=O) groups is 9. The summed E-state index contributed by atoms with van der Waals surface area (Å²) in [6, 6.07) is 47.3. The lowest BCUT2D eigenvalue weighted by Crippen LogP contribution is -2.51. The van der Waals surface area contributed by atoms with Gasteiger partial charge in [0.1, 0.15) is 71.5 Å². The molecule has 0 spiro atoms. The molecule has 26 heteroatoms. The van der Waals surface area contributed by atoms with Crippen LogP contribution in [0.2, 0.25) is 0 Å². The molecule has 3 atom stereocenters. The van der Waals surface area contributed by atoms with Crippen molar-refractivity contribution in [2.24, 2.45) is 23.5 Å². The van der Waals surface area contributed by atoms with E-state index in [1.54, 1.807) is 115 Å². The van der Waals surface area contributed by atoms with Crippen molar-refractivity contribution in [2.45, 2.75) is 204 Å². The normalized spacial score (nSPS) is 12.0. The number of carboxylic acid groups (broad SMARTS) is 1. The smallest absolute Gasteiger partial charge is 0.408 e. The van der Waals surface area contributed by atoms with Crippen LogP contribution in [0.25, 0.3) is 32.9 Å². The number of alkyl carbamates (subject to hydrolysis) is 3. The van der Waals surface area contributed by atoms with Gasteiger partial charge in [-0.3, -0.25) is 24.0 Å². The zero-order valence-corrected chi connectivity index (χ0v) is 69.2. The second-order valence-corrected chi connectivity index (χ2v) is 31.5. The highest BCUT2D eigenvalue weighted by molar-refractivity contribution is 5.91. The molecule has 0 aliphatic rings. The second-order valence-electron chi connectivity index (χ2n) is 31.5. The molecule has 26 nitrogen and oxygen atoms in total. The van der Waals surface area contributed by atoms with E-state index in [4.69, 9.17) is 52.5 Å². The molecule has 0 unspecified atom stereocenters. The fraction of sp³-hybridized carbons (Fsp3) is 0.427. The van der Waals surface area contributed by atoms with E-state index in [1.165, 1.54) is 10.9 Å². The predicted octanol–water partition coefficient (Wildman–Crippen LogP) is 16.1. The zero-order valence-electron chi connectivity index (χ0n) is 69.2. The number of hydrogen-bond donors (Lipinski definition) is 6. The number of benzene rings is 6. The van der Waals surface area contributed by atoms with Crippen LogP contribution >= 0.6 is 0 Å². The van der Waals surface area contributed by atoms with Crippen LogP contribution in [0.15, 0.2) is 196 Å². The van der Waals surface area contributed by atoms with E-state index in [1.807, 2.05) is 162 Å². The number of ether oxygens (including phenoxy) is 6. The van der Waals surface area contributed by atoms with Gasteiger partial charge in [0.15, 0.2) is 0 Å². The minimum atomic E-state index is -1.41. The first-order valence-electron chi connectivity index (χ1n) is 38.5. The minimum absolute atomic E-state index is 0.0401. The van der Waals surface area contributed by atoms with Gasteiger partial charge in [-0.15, -0.1) is 0 Å². The molecular weight excluding hydrogens is 1470 g/mol. The Morgan fingerprint density at radius 1 is 0.409 bits per heavy atom. The Morgan fingerprint density at radius 3 is 1.00 bits per heavy atom. The first kappa shape index (κ1) is 94.1. The molecule has 622 valence electrons. The summed E-state index contributed by atoms with van der Waals surface area (Å²) in [4.78, 5) is 116. The molecule has 0 bridgehead atoms. The van der Waals surface area contributed by atoms with E-state index in [0.717, 1.165) is 75.0 Å². The van der Waals surface area contributed by atoms with Crippen LogP contribution in [0.5, 0.6) is 0 Å². The largest absolute Gasteiger partial charge is 0.480 e. The van der Waals surface area contributed by atoms with E-state index in [-0.39, 0.29) is 56.3 Å². The maximum atomic E-state index is 13.7. The number of rotatable bonds is 30. The number of nitrogens with two attached hydrogens (primary N) is 1. The molecule has 0 aliphatic heterocycles. The van der Waals surface area contributed by atoms with Crippen LogP contribution in [0.3, 0.4) is 0 Å². The third-order valence-corrected chi connectivity index (χ3v) is 15.8. The van der Waals surface area contributed by atoms with Gasteiger partial charge in [0.25, 0.3) is 0 Å². The molecule has 9 aromatic rings. The Morgan fingerprint density at radius 2 is 0.704 bits per heavy atom. The number of amides is 5. The molecule has 115 heavy (non-hydrogen) atoms. The van der Waals surface area contributed by atoms with Gasteiger partial charge in [-0.05, 0) is 181 Å². The molecule has 0 radical (unpaired) electrons. The molecule has 9 rings (SSSR count). The molecule has 0 saturated heterocycles. The summed E-state index contributed by atoms with van der Waals surface area (Å²) in [5, 5.41) is 22.9. The third kappa shape index (κ3) is 37.8. The summed E-state index contributed by atoms with van der Waals surface area (Å²) in [5.41, 5.74) is 10.6. The number of hydrogen-bond acceptors (Lipinski definition) is 20. The third-order valence-electron chi connectivity index (χ3n) is 15.8. The number of furan rings is 3. The van der Waals surface area contributed by atoms with Gasteiger partial charge in [0, 0.05) is 48.9 Å². The van der Waals surface area contributed by atoms with Crippen LogP contribution in [0.4, 0.5) is 14.4 Å². The first-order chi connectivity index (χ1) is 54.3. The summed E-state index contributed by atoms with van der Waals surface area (Å²) < 4.78 is 47.6. The number of esters is 3. The standard InChI is InChI=1S/2C29H36N2O6.C16H21NO6.C13H17NO.C2H7N/c2*1-20(2)17-31(18-22-11-12-25-23(15-22)13-14-35-25)27(33)24(30-28(34)37-29(3,4)5)16-26(32)36-19-21-9-7-6-8-10-21;1-16(2,3)23-15(21)17-12(14(19)20)9-13(18)22-10-11-7-5-4-6-8-11;1-10(2)8-14-9-11-3-4-13-12(7-11)5-6-15-13;1-2-3/h2*6-15,20,24H,16-19H2,1-5H3,(H,30,34);4-8,12H,9-10H2,1-3H3,(H,17,21)(H,19,20);3-7,10,14H,8-9H2,1-2H3;2-3H2,1H3/t2*24-;12-;;/m000../s1. The lowest BCUT2D eigenvalue weighted by atomic mass is 10.1. The van der Waals surface area contributed by atoms with Gasteiger partial charge in [-0.1, -0.05) is 158 Å². The molecule has 0 saturated carbocycles. The maximum absolute atomic E-state index is 13.7. The van der Waals surface area contributed by atoms with Gasteiger partial charge in [0.05, 0.1) is 38.1 Å². The topological polar surface area (TPSA) is 349 Å². The molecule has 5 amide bonds. The lowest BCUT2D eigenvalue weighted by Gasteiger charge is -2.30. The summed E-state index contributed by atoms with van der Waals surface area (Å²) >= 11 is 0. The molecule has 3 aromatic heterocycles. The number of fused-ring (bicyclic) bond motifs is 3. The Bertz CT molecular complexity index is 4290. The van der Waals surface area contributed by atoms with Crippen molar-refractivity contribution in [2.75, 3.05) is 26.2 Å². The van der Waals surface area contributed by atoms with Gasteiger partial charge in [-0.2, -0.15) is 0 Å². The predicted molar refractivity (Wildman–Crippen MR) is 440 cm³/mol. The quantitative estimate of drug-likeness (QED) is 0.0180. The summed E-state index contributed by atoms with van der Waals surface area (Å²) in [5.74, 6) is -3.01. The monoisotopic (exact) mass is 1590 g/mol. The van der Waals surface area contributed by atoms with Crippen molar-refractivity contribution < 1.29 is 89.9 Å². The molecule has 0 fully saturated rings. The Labute approximate surface area is 674 Å². The SMILES string of the molecule is CC(C)(C)OC(=O)N[C@@H](CC(=O)OCc1ccccc1)C(=O)O.CC(C)CN(Cc1ccc2occc2c1)C(=O)[C@H](CC(=O)OCc1ccccc1)NC(=O)OC(C)(C)C.CC(C)CN(Cc1ccc2occc2c1)C(=O)[C@H](CC(=O)OCc1ccccc1)NC(=O)OC(C)(C)C.CC(C)CNCc1ccc2occc2c1.CCN. The van der Waals surface area contributed by atoms with Crippen LogP contribution in [0, 0.1) is 17.8 Å². The van der Waals surface area contributed by atoms with E-state index in [9.17, 15) is 43.2 Å². The van der Waals surface area contributed by atoms with E-state index < -0.39 is 83.5 Å². The lowest BCUT2D eigenvalue weighted by molar-refractivity contribution is -0.150. The molecule has 6 aromatic carbocycles. The molecular formula is C89H117N7O19. The highest BCUT2D eigenvalue weighted by Crippen LogP contribution is 2.24. The minimum Gasteiger partial charge on any atom is -0.480 e. The average Bonchev–Trinajstić information content (AvgIpc) is 1.81. The van der Waals surface area contributed by atoms with Crippen molar-refractivity contribution in [3.05, 3.63) is 216 Å². The Balaban J connectivity index is 0.000000283. The number of carboxylic acids is 1. The fourth-order valence-corrected chi connectivity index (χ4v) is 10.9. The van der Waals surface area contributed by atoms with Crippen LogP contribution < -0.4 is 27.0 Å². The van der Waals surface area contributed by atoms with Crippen LogP contribution in [-0.2, 0) is 96.6 Å². The average molecular weight is 1590 g/mol. The van der Waals surface area contributed by atoms with Crippen molar-refractivity contribution in [3.8, 4) is 0 Å². The number of nitrogens with zero attached hydrogens (tertiary/aromatic N) is 2. The van der Waals surface area contributed by atoms with Gasteiger partial charge >= 0.3 is 42.2 Å². The van der Waals surface area contributed by atoms with Gasteiger partial charge < -0.3 is 83.6 Å². The van der Waals surface area contributed by atoms with E-state index in [2.05, 4.69) is 47.2 Å². The Hall–Kier alpha value is -11.5. The van der Waals surface area contributed by atoms with Crippen molar-refractivity contribution in [3.63, 3.8) is 0 Å². The fourth-order valence-electron chi connectivity index (χ4n) is 10.9. The summed E-state index contributed by atoms with van der Waals surface area (Å²) in [6.45, 7) is 34.1. The van der Waals surface area contributed by atoms with Gasteiger partial charge in [-0.25, -0.2) is 19.2 Å². The van der Waals surface area contributed by atoms with Crippen molar-refractivity contribution >= 4 is 86.9 Å². The number of aliphatic carboxylic acids is 1. The summed E-state index contributed by atoms with van der Waals surface area (Å²) in [6.07, 6.45) is 1.40. The maximum Gasteiger partial charge on any atom is 0.408 e. The van der Waals surface area contributed by atoms with Crippen molar-refractivity contribution in [1.82, 2.24) is 31.1 Å². The first-order valence-corrected chi connectivity index (χ1v) is 38.5. The van der Waals surface area contributed by atoms with Crippen LogP contribution in [0.1, 0.15) is 163 Å². The molecule has 7 N–H and O–H groups in total. The zero-order chi connectivity index (χ0) is 84.8. The number of nitrogens with one attached hydrogen (secondary N) is 4. The Kier molecular flexibility index (Phi) is 38.6. The second kappa shape index (κ2) is 47.2. The van der Waals surface area contributed by atoms with Crippen LogP contribution in [-0.4, -0.2) is 130 Å². The highest BCUT2D eigenvalue weighted by Gasteiger charge is 2.34. The van der Waals surface area contributed by atoms with E-state index >= 15 is 0 Å². The van der Waals surface area contributed by atoms with E-state index in [0.29, 0.717) is 32.1 Å². The van der Waals surface area contributed by atoms with Crippen molar-refractivity contribution in [1.29, 1.82) is 0 Å².